The Morgan fingerprint density at radius 3 is 2.47 bits per heavy atom. The van der Waals surface area contributed by atoms with Crippen LogP contribution in [0.2, 0.25) is 0 Å². The number of hydrogen-bond donors (Lipinski definition) is 2. The number of nitrogens with zero attached hydrogens (tertiary/aromatic N) is 1. The first-order chi connectivity index (χ1) is 6.97. The molecule has 5 nitrogen and oxygen atoms in total. The van der Waals surface area contributed by atoms with Gasteiger partial charge in [0.15, 0.2) is 0 Å². The van der Waals surface area contributed by atoms with E-state index in [-0.39, 0.29) is 12.1 Å². The van der Waals surface area contributed by atoms with Crippen molar-refractivity contribution in [1.29, 1.82) is 5.26 Å². The van der Waals surface area contributed by atoms with Gasteiger partial charge < -0.3 is 10.6 Å². The van der Waals surface area contributed by atoms with Crippen molar-refractivity contribution >= 4 is 11.8 Å². The second-order valence-electron chi connectivity index (χ2n) is 4.29. The monoisotopic (exact) mass is 209 g/mol. The third kappa shape index (κ3) is 3.24. The predicted molar refractivity (Wildman–Crippen MR) is 53.6 cm³/mol. The number of amides is 2. The zero-order chi connectivity index (χ0) is 11.5. The second-order valence-corrected chi connectivity index (χ2v) is 4.29. The molecule has 15 heavy (non-hydrogen) atoms. The van der Waals surface area contributed by atoms with Crippen LogP contribution < -0.4 is 10.6 Å². The smallest absolute Gasteiger partial charge is 0.310 e. The Bertz CT molecular complexity index is 313. The molecule has 0 heterocycles. The first-order valence-corrected chi connectivity index (χ1v) is 4.94. The van der Waals surface area contributed by atoms with Crippen LogP contribution in [0.5, 0.6) is 0 Å². The lowest BCUT2D eigenvalue weighted by molar-refractivity contribution is -0.140. The molecule has 1 aliphatic carbocycles. The summed E-state index contributed by atoms with van der Waals surface area (Å²) in [5.41, 5.74) is -0.332. The van der Waals surface area contributed by atoms with Crippen LogP contribution in [0.15, 0.2) is 0 Å². The normalized spacial score (nSPS) is 15.3. The zero-order valence-corrected chi connectivity index (χ0v) is 8.96. The van der Waals surface area contributed by atoms with Crippen LogP contribution in [-0.2, 0) is 9.59 Å². The molecule has 0 atom stereocenters. The lowest BCUT2D eigenvalue weighted by Crippen LogP contribution is -2.51. The molecule has 1 rings (SSSR count). The molecule has 1 fully saturated rings. The number of rotatable bonds is 3. The molecule has 2 amide bonds. The minimum Gasteiger partial charge on any atom is -0.343 e. The van der Waals surface area contributed by atoms with Gasteiger partial charge in [0.1, 0.15) is 6.54 Å². The number of hydrogen-bond acceptors (Lipinski definition) is 3. The quantitative estimate of drug-likeness (QED) is 0.504. The Balaban J connectivity index is 2.41. The molecule has 0 radical (unpaired) electrons. The fourth-order valence-electron chi connectivity index (χ4n) is 1.46. The second kappa shape index (κ2) is 4.30. The van der Waals surface area contributed by atoms with Crippen molar-refractivity contribution < 1.29 is 9.59 Å². The van der Waals surface area contributed by atoms with Crippen LogP contribution in [0.1, 0.15) is 26.7 Å². The minimum absolute atomic E-state index is 0.143. The molecule has 0 aliphatic heterocycles. The maximum atomic E-state index is 11.4. The fourth-order valence-corrected chi connectivity index (χ4v) is 1.46. The van der Waals surface area contributed by atoms with E-state index in [9.17, 15) is 9.59 Å². The zero-order valence-electron chi connectivity index (χ0n) is 8.96. The van der Waals surface area contributed by atoms with Crippen molar-refractivity contribution in [3.05, 3.63) is 0 Å². The molecular formula is C10H15N3O2. The van der Waals surface area contributed by atoms with Crippen molar-refractivity contribution in [3.8, 4) is 6.07 Å². The lowest BCUT2D eigenvalue weighted by Gasteiger charge is -2.25. The first kappa shape index (κ1) is 11.5. The van der Waals surface area contributed by atoms with Crippen LogP contribution >= 0.6 is 0 Å². The fraction of sp³-hybridized carbons (Fsp3) is 0.700. The molecule has 0 bridgehead atoms. The molecule has 5 heteroatoms. The third-order valence-corrected chi connectivity index (χ3v) is 2.57. The highest BCUT2D eigenvalue weighted by Crippen LogP contribution is 2.39. The van der Waals surface area contributed by atoms with Crippen molar-refractivity contribution in [1.82, 2.24) is 10.6 Å². The van der Waals surface area contributed by atoms with Gasteiger partial charge >= 0.3 is 11.8 Å². The summed E-state index contributed by atoms with van der Waals surface area (Å²) in [4.78, 5) is 22.5. The summed E-state index contributed by atoms with van der Waals surface area (Å²) in [6.07, 6.45) is 2.18. The highest BCUT2D eigenvalue weighted by molar-refractivity contribution is 6.35. The largest absolute Gasteiger partial charge is 0.343 e. The van der Waals surface area contributed by atoms with Gasteiger partial charge in [0.25, 0.3) is 0 Å². The van der Waals surface area contributed by atoms with E-state index in [1.54, 1.807) is 6.07 Å². The molecule has 1 saturated carbocycles. The Morgan fingerprint density at radius 1 is 1.40 bits per heavy atom. The van der Waals surface area contributed by atoms with Gasteiger partial charge in [-0.25, -0.2) is 0 Å². The summed E-state index contributed by atoms with van der Waals surface area (Å²) in [6, 6.07) is 1.74. The highest BCUT2D eigenvalue weighted by atomic mass is 16.2. The third-order valence-electron chi connectivity index (χ3n) is 2.57. The minimum atomic E-state index is -0.745. The van der Waals surface area contributed by atoms with E-state index in [4.69, 9.17) is 5.26 Å². The van der Waals surface area contributed by atoms with Crippen molar-refractivity contribution in [2.24, 2.45) is 5.92 Å². The number of nitriles is 1. The van der Waals surface area contributed by atoms with E-state index in [0.717, 1.165) is 12.8 Å². The average molecular weight is 209 g/mol. The maximum Gasteiger partial charge on any atom is 0.310 e. The van der Waals surface area contributed by atoms with E-state index in [0.29, 0.717) is 5.92 Å². The standard InChI is InChI=1S/C10H15N3O2/c1-10(2,7-3-4-7)13-9(15)8(14)12-6-5-11/h7H,3-4,6H2,1-2H3,(H,12,14)(H,13,15). The Labute approximate surface area is 88.8 Å². The molecule has 0 aromatic carbocycles. The van der Waals surface area contributed by atoms with Gasteiger partial charge in [-0.3, -0.25) is 9.59 Å². The van der Waals surface area contributed by atoms with E-state index in [2.05, 4.69) is 10.6 Å². The average Bonchev–Trinajstić information content (AvgIpc) is 2.96. The molecule has 0 unspecified atom stereocenters. The molecule has 1 aliphatic rings. The number of nitrogens with one attached hydrogen (secondary N) is 2. The van der Waals surface area contributed by atoms with Crippen molar-refractivity contribution in [2.45, 2.75) is 32.2 Å². The molecule has 82 valence electrons. The van der Waals surface area contributed by atoms with E-state index in [1.807, 2.05) is 13.8 Å². The summed E-state index contributed by atoms with van der Waals surface area (Å²) < 4.78 is 0. The topological polar surface area (TPSA) is 82.0 Å². The SMILES string of the molecule is CC(C)(NC(=O)C(=O)NCC#N)C1CC1. The van der Waals surface area contributed by atoms with Crippen LogP contribution in [-0.4, -0.2) is 23.9 Å². The van der Waals surface area contributed by atoms with Crippen molar-refractivity contribution in [3.63, 3.8) is 0 Å². The van der Waals surface area contributed by atoms with Gasteiger partial charge in [0.05, 0.1) is 6.07 Å². The molecule has 0 spiro atoms. The van der Waals surface area contributed by atoms with Gasteiger partial charge in [0.2, 0.25) is 0 Å². The van der Waals surface area contributed by atoms with Crippen LogP contribution in [0.4, 0.5) is 0 Å². The molecule has 0 aromatic rings. The van der Waals surface area contributed by atoms with Gasteiger partial charge in [-0.05, 0) is 32.6 Å². The summed E-state index contributed by atoms with van der Waals surface area (Å²) in [7, 11) is 0. The Hall–Kier alpha value is -1.57. The Morgan fingerprint density at radius 2 is 2.00 bits per heavy atom. The van der Waals surface area contributed by atoms with E-state index >= 15 is 0 Å². The van der Waals surface area contributed by atoms with Crippen LogP contribution in [0.3, 0.4) is 0 Å². The molecule has 0 aromatic heterocycles. The van der Waals surface area contributed by atoms with Crippen molar-refractivity contribution in [2.75, 3.05) is 6.54 Å². The predicted octanol–water partition coefficient (Wildman–Crippen LogP) is -0.0690. The van der Waals surface area contributed by atoms with Crippen LogP contribution in [0.25, 0.3) is 0 Å². The van der Waals surface area contributed by atoms with Gasteiger partial charge in [-0.15, -0.1) is 0 Å². The summed E-state index contributed by atoms with van der Waals surface area (Å²) in [5.74, 6) is -0.947. The van der Waals surface area contributed by atoms with E-state index in [1.165, 1.54) is 0 Å². The molecule has 2 N–H and O–H groups in total. The van der Waals surface area contributed by atoms with E-state index < -0.39 is 11.8 Å². The van der Waals surface area contributed by atoms with Crippen LogP contribution in [0, 0.1) is 17.2 Å². The molecule has 0 saturated heterocycles. The summed E-state index contributed by atoms with van der Waals surface area (Å²) in [6.45, 7) is 3.66. The summed E-state index contributed by atoms with van der Waals surface area (Å²) in [5, 5.41) is 13.1. The van der Waals surface area contributed by atoms with Gasteiger partial charge in [-0.2, -0.15) is 5.26 Å². The highest BCUT2D eigenvalue weighted by Gasteiger charge is 2.39. The first-order valence-electron chi connectivity index (χ1n) is 4.94. The summed E-state index contributed by atoms with van der Waals surface area (Å²) >= 11 is 0. The van der Waals surface area contributed by atoms with Gasteiger partial charge in [0, 0.05) is 5.54 Å². The Kier molecular flexibility index (Phi) is 3.30. The maximum absolute atomic E-state index is 11.4. The molecular weight excluding hydrogens is 194 g/mol. The lowest BCUT2D eigenvalue weighted by atomic mass is 9.99. The number of carbonyl (C=O) groups is 2. The van der Waals surface area contributed by atoms with Gasteiger partial charge in [-0.1, -0.05) is 0 Å². The number of carbonyl (C=O) groups excluding carboxylic acids is 2.